The van der Waals surface area contributed by atoms with Gasteiger partial charge in [-0.3, -0.25) is 0 Å². The number of hydrogen-bond acceptors (Lipinski definition) is 4. The van der Waals surface area contributed by atoms with E-state index in [-0.39, 0.29) is 6.61 Å². The summed E-state index contributed by atoms with van der Waals surface area (Å²) in [6.45, 7) is 4.29. The molecule has 2 N–H and O–H groups in total. The van der Waals surface area contributed by atoms with Gasteiger partial charge in [0.2, 0.25) is 5.88 Å². The molecule has 0 spiro atoms. The van der Waals surface area contributed by atoms with Gasteiger partial charge in [-0.1, -0.05) is 0 Å². The molecule has 0 aliphatic carbocycles. The lowest BCUT2D eigenvalue weighted by Gasteiger charge is -2.16. The van der Waals surface area contributed by atoms with Crippen molar-refractivity contribution >= 4 is 5.69 Å². The summed E-state index contributed by atoms with van der Waals surface area (Å²) in [4.78, 5) is 4.29. The lowest BCUT2D eigenvalue weighted by molar-refractivity contribution is 0.282. The molecule has 0 saturated carbocycles. The molecule has 0 bridgehead atoms. The standard InChI is InChI=1S/C12H20N2O2/c1-9(5-4-8-15)13-11-6-7-12(16-3)14-10(11)2/h6-7,9,13,15H,4-5,8H2,1-3H3. The predicted octanol–water partition coefficient (Wildman–Crippen LogP) is 1.97. The summed E-state index contributed by atoms with van der Waals surface area (Å²) < 4.78 is 5.05. The van der Waals surface area contributed by atoms with E-state index in [4.69, 9.17) is 9.84 Å². The normalized spacial score (nSPS) is 12.2. The molecule has 0 saturated heterocycles. The van der Waals surface area contributed by atoms with Gasteiger partial charge < -0.3 is 15.2 Å². The molecule has 4 heteroatoms. The van der Waals surface area contributed by atoms with Crippen molar-refractivity contribution in [2.45, 2.75) is 32.7 Å². The van der Waals surface area contributed by atoms with E-state index in [1.807, 2.05) is 19.1 Å². The molecule has 1 atom stereocenters. The van der Waals surface area contributed by atoms with Crippen molar-refractivity contribution in [3.8, 4) is 5.88 Å². The summed E-state index contributed by atoms with van der Waals surface area (Å²) in [5, 5.41) is 12.1. The Bertz CT molecular complexity index is 329. The summed E-state index contributed by atoms with van der Waals surface area (Å²) in [6, 6.07) is 4.14. The van der Waals surface area contributed by atoms with E-state index < -0.39 is 0 Å². The second-order valence-corrected chi connectivity index (χ2v) is 3.90. The molecule has 1 unspecified atom stereocenters. The Morgan fingerprint density at radius 3 is 2.81 bits per heavy atom. The number of anilines is 1. The van der Waals surface area contributed by atoms with Gasteiger partial charge in [-0.25, -0.2) is 4.98 Å². The first-order valence-electron chi connectivity index (χ1n) is 5.56. The number of aliphatic hydroxyl groups excluding tert-OH is 1. The maximum Gasteiger partial charge on any atom is 0.213 e. The van der Waals surface area contributed by atoms with Gasteiger partial charge in [-0.2, -0.15) is 0 Å². The zero-order chi connectivity index (χ0) is 12.0. The predicted molar refractivity (Wildman–Crippen MR) is 64.9 cm³/mol. The Hall–Kier alpha value is -1.29. The number of rotatable bonds is 6. The molecule has 1 aromatic heterocycles. The zero-order valence-corrected chi connectivity index (χ0v) is 10.2. The maximum atomic E-state index is 8.75. The SMILES string of the molecule is COc1ccc(NC(C)CCCO)c(C)n1. The molecule has 0 amide bonds. The highest BCUT2D eigenvalue weighted by atomic mass is 16.5. The monoisotopic (exact) mass is 224 g/mol. The lowest BCUT2D eigenvalue weighted by Crippen LogP contribution is -2.16. The van der Waals surface area contributed by atoms with Crippen LogP contribution in [-0.2, 0) is 0 Å². The molecule has 1 rings (SSSR count). The van der Waals surface area contributed by atoms with Gasteiger partial charge in [0.15, 0.2) is 0 Å². The Morgan fingerprint density at radius 1 is 1.50 bits per heavy atom. The van der Waals surface area contributed by atoms with E-state index in [9.17, 15) is 0 Å². The van der Waals surface area contributed by atoms with Gasteiger partial charge in [-0.15, -0.1) is 0 Å². The van der Waals surface area contributed by atoms with Gasteiger partial charge >= 0.3 is 0 Å². The number of nitrogens with one attached hydrogen (secondary N) is 1. The molecular weight excluding hydrogens is 204 g/mol. The first-order valence-corrected chi connectivity index (χ1v) is 5.56. The Balaban J connectivity index is 2.59. The number of nitrogens with zero attached hydrogens (tertiary/aromatic N) is 1. The van der Waals surface area contributed by atoms with E-state index in [2.05, 4.69) is 17.2 Å². The third-order valence-electron chi connectivity index (χ3n) is 2.47. The van der Waals surface area contributed by atoms with Crippen LogP contribution in [0, 0.1) is 6.92 Å². The third-order valence-corrected chi connectivity index (χ3v) is 2.47. The van der Waals surface area contributed by atoms with Gasteiger partial charge in [-0.05, 0) is 32.8 Å². The average molecular weight is 224 g/mol. The summed E-state index contributed by atoms with van der Waals surface area (Å²) >= 11 is 0. The largest absolute Gasteiger partial charge is 0.481 e. The van der Waals surface area contributed by atoms with E-state index in [1.165, 1.54) is 0 Å². The van der Waals surface area contributed by atoms with Crippen molar-refractivity contribution in [1.29, 1.82) is 0 Å². The van der Waals surface area contributed by atoms with Crippen molar-refractivity contribution in [2.24, 2.45) is 0 Å². The molecule has 0 fully saturated rings. The number of aryl methyl sites for hydroxylation is 1. The fourth-order valence-corrected chi connectivity index (χ4v) is 1.54. The van der Waals surface area contributed by atoms with Crippen molar-refractivity contribution in [3.63, 3.8) is 0 Å². The summed E-state index contributed by atoms with van der Waals surface area (Å²) in [5.41, 5.74) is 1.95. The van der Waals surface area contributed by atoms with Crippen LogP contribution in [0.1, 0.15) is 25.5 Å². The minimum atomic E-state index is 0.242. The van der Waals surface area contributed by atoms with Gasteiger partial charge in [0, 0.05) is 18.7 Å². The Labute approximate surface area is 96.7 Å². The number of aromatic nitrogens is 1. The first kappa shape index (κ1) is 12.8. The number of pyridine rings is 1. The highest BCUT2D eigenvalue weighted by molar-refractivity contribution is 5.49. The molecule has 16 heavy (non-hydrogen) atoms. The smallest absolute Gasteiger partial charge is 0.213 e. The van der Waals surface area contributed by atoms with Crippen LogP contribution in [0.3, 0.4) is 0 Å². The van der Waals surface area contributed by atoms with Crippen LogP contribution in [0.2, 0.25) is 0 Å². The molecule has 1 aromatic rings. The minimum Gasteiger partial charge on any atom is -0.481 e. The second kappa shape index (κ2) is 6.33. The van der Waals surface area contributed by atoms with Crippen LogP contribution in [0.25, 0.3) is 0 Å². The van der Waals surface area contributed by atoms with Crippen molar-refractivity contribution in [2.75, 3.05) is 19.0 Å². The van der Waals surface area contributed by atoms with Crippen molar-refractivity contribution in [1.82, 2.24) is 4.98 Å². The molecule has 0 aliphatic heterocycles. The van der Waals surface area contributed by atoms with Crippen LogP contribution < -0.4 is 10.1 Å². The van der Waals surface area contributed by atoms with Gasteiger partial charge in [0.1, 0.15) is 0 Å². The number of hydrogen-bond donors (Lipinski definition) is 2. The second-order valence-electron chi connectivity index (χ2n) is 3.90. The first-order chi connectivity index (χ1) is 7.67. The summed E-state index contributed by atoms with van der Waals surface area (Å²) in [7, 11) is 1.61. The fourth-order valence-electron chi connectivity index (χ4n) is 1.54. The molecule has 4 nitrogen and oxygen atoms in total. The summed E-state index contributed by atoms with van der Waals surface area (Å²) in [5.74, 6) is 0.631. The van der Waals surface area contributed by atoms with Crippen LogP contribution in [0.15, 0.2) is 12.1 Å². The third kappa shape index (κ3) is 3.70. The number of aliphatic hydroxyl groups is 1. The van der Waals surface area contributed by atoms with E-state index in [1.54, 1.807) is 7.11 Å². The molecule has 0 aliphatic rings. The molecule has 0 radical (unpaired) electrons. The highest BCUT2D eigenvalue weighted by Gasteiger charge is 2.05. The zero-order valence-electron chi connectivity index (χ0n) is 10.2. The maximum absolute atomic E-state index is 8.75. The van der Waals surface area contributed by atoms with Crippen LogP contribution in [-0.4, -0.2) is 29.8 Å². The topological polar surface area (TPSA) is 54.4 Å². The fraction of sp³-hybridized carbons (Fsp3) is 0.583. The van der Waals surface area contributed by atoms with E-state index in [0.717, 1.165) is 24.2 Å². The van der Waals surface area contributed by atoms with Gasteiger partial charge in [0.05, 0.1) is 18.5 Å². The quantitative estimate of drug-likeness (QED) is 0.775. The average Bonchev–Trinajstić information content (AvgIpc) is 2.29. The number of ether oxygens (including phenoxy) is 1. The van der Waals surface area contributed by atoms with E-state index >= 15 is 0 Å². The molecule has 90 valence electrons. The van der Waals surface area contributed by atoms with Crippen LogP contribution in [0.5, 0.6) is 5.88 Å². The van der Waals surface area contributed by atoms with Gasteiger partial charge in [0.25, 0.3) is 0 Å². The van der Waals surface area contributed by atoms with E-state index in [0.29, 0.717) is 11.9 Å². The van der Waals surface area contributed by atoms with Crippen LogP contribution in [0.4, 0.5) is 5.69 Å². The lowest BCUT2D eigenvalue weighted by atomic mass is 10.1. The van der Waals surface area contributed by atoms with Crippen molar-refractivity contribution < 1.29 is 9.84 Å². The Morgan fingerprint density at radius 2 is 2.25 bits per heavy atom. The highest BCUT2D eigenvalue weighted by Crippen LogP contribution is 2.18. The molecule has 1 heterocycles. The summed E-state index contributed by atoms with van der Waals surface area (Å²) in [6.07, 6.45) is 1.76. The van der Waals surface area contributed by atoms with Crippen LogP contribution >= 0.6 is 0 Å². The van der Waals surface area contributed by atoms with Crippen molar-refractivity contribution in [3.05, 3.63) is 17.8 Å². The molecule has 0 aromatic carbocycles. The number of methoxy groups -OCH3 is 1. The Kier molecular flexibility index (Phi) is 5.05. The minimum absolute atomic E-state index is 0.242. The molecular formula is C12H20N2O2.